The van der Waals surface area contributed by atoms with Gasteiger partial charge in [-0.3, -0.25) is 4.79 Å². The summed E-state index contributed by atoms with van der Waals surface area (Å²) in [7, 11) is 0. The number of thioether (sulfide) groups is 1. The van der Waals surface area contributed by atoms with Crippen LogP contribution < -0.4 is 14.8 Å². The Balaban J connectivity index is 1.46. The Kier molecular flexibility index (Phi) is 9.09. The van der Waals surface area contributed by atoms with E-state index in [9.17, 15) is 4.79 Å². The van der Waals surface area contributed by atoms with Gasteiger partial charge in [0.2, 0.25) is 0 Å². The minimum absolute atomic E-state index is 0.171. The van der Waals surface area contributed by atoms with Crippen LogP contribution in [-0.4, -0.2) is 17.7 Å². The maximum Gasteiger partial charge on any atom is 0.264 e. The number of hydrogen-bond acceptors (Lipinski definition) is 5. The molecule has 0 aromatic heterocycles. The maximum absolute atomic E-state index is 12.6. The number of benzene rings is 3. The van der Waals surface area contributed by atoms with Crippen molar-refractivity contribution in [2.24, 2.45) is 4.99 Å². The maximum atomic E-state index is 12.6. The SMILES string of the molecule is CCCCc1ccc(N=C2NC(=O)C(=Cc3ccc(OCc4ccccc4Cl)c(OCC)c3)S2)cc1. The van der Waals surface area contributed by atoms with E-state index < -0.39 is 0 Å². The van der Waals surface area contributed by atoms with Crippen LogP contribution in [-0.2, 0) is 17.8 Å². The van der Waals surface area contributed by atoms with Crippen molar-refractivity contribution in [3.05, 3.63) is 93.3 Å². The standard InChI is InChI=1S/C29H29ClN2O3S/c1-3-5-8-20-11-14-23(15-12-20)31-29-32-28(33)27(36-29)18-21-13-16-25(26(17-21)34-4-2)35-19-22-9-6-7-10-24(22)30/h6-7,9-18H,3-5,8,19H2,1-2H3,(H,31,32,33). The third-order valence-electron chi connectivity index (χ3n) is 5.54. The Morgan fingerprint density at radius 2 is 1.81 bits per heavy atom. The molecule has 0 atom stereocenters. The van der Waals surface area contributed by atoms with E-state index >= 15 is 0 Å². The fourth-order valence-electron chi connectivity index (χ4n) is 3.64. The van der Waals surface area contributed by atoms with Crippen LogP contribution in [0.2, 0.25) is 5.02 Å². The molecule has 1 aliphatic rings. The average molecular weight is 521 g/mol. The Hall–Kier alpha value is -3.22. The zero-order valence-electron chi connectivity index (χ0n) is 20.4. The molecule has 4 rings (SSSR count). The number of amides is 1. The van der Waals surface area contributed by atoms with Gasteiger partial charge in [-0.2, -0.15) is 0 Å². The van der Waals surface area contributed by atoms with Crippen molar-refractivity contribution < 1.29 is 14.3 Å². The zero-order valence-corrected chi connectivity index (χ0v) is 22.0. The highest BCUT2D eigenvalue weighted by molar-refractivity contribution is 8.18. The van der Waals surface area contributed by atoms with Gasteiger partial charge in [0.15, 0.2) is 16.7 Å². The first-order valence-corrected chi connectivity index (χ1v) is 13.3. The first-order chi connectivity index (χ1) is 17.6. The van der Waals surface area contributed by atoms with Crippen LogP contribution >= 0.6 is 23.4 Å². The van der Waals surface area contributed by atoms with Crippen LogP contribution in [0.4, 0.5) is 5.69 Å². The van der Waals surface area contributed by atoms with Gasteiger partial charge in [0, 0.05) is 10.6 Å². The first kappa shape index (κ1) is 25.9. The predicted octanol–water partition coefficient (Wildman–Crippen LogP) is 7.55. The molecule has 1 fully saturated rings. The lowest BCUT2D eigenvalue weighted by atomic mass is 10.1. The monoisotopic (exact) mass is 520 g/mol. The number of amidine groups is 1. The van der Waals surface area contributed by atoms with Crippen molar-refractivity contribution in [1.29, 1.82) is 0 Å². The Labute approximate surface area is 221 Å². The molecule has 0 radical (unpaired) electrons. The molecule has 0 aliphatic carbocycles. The van der Waals surface area contributed by atoms with Crippen molar-refractivity contribution in [3.63, 3.8) is 0 Å². The van der Waals surface area contributed by atoms with E-state index in [0.29, 0.717) is 39.8 Å². The smallest absolute Gasteiger partial charge is 0.264 e. The number of nitrogens with one attached hydrogen (secondary N) is 1. The van der Waals surface area contributed by atoms with Crippen molar-refractivity contribution in [3.8, 4) is 11.5 Å². The first-order valence-electron chi connectivity index (χ1n) is 12.1. The third-order valence-corrected chi connectivity index (χ3v) is 6.82. The van der Waals surface area contributed by atoms with E-state index in [0.717, 1.165) is 23.2 Å². The van der Waals surface area contributed by atoms with Crippen LogP contribution in [0.5, 0.6) is 11.5 Å². The lowest BCUT2D eigenvalue weighted by molar-refractivity contribution is -0.115. The number of aliphatic imine (C=N–C) groups is 1. The van der Waals surface area contributed by atoms with Gasteiger partial charge in [-0.05, 0) is 79.1 Å². The highest BCUT2D eigenvalue weighted by Gasteiger charge is 2.24. The topological polar surface area (TPSA) is 59.9 Å². The largest absolute Gasteiger partial charge is 0.490 e. The molecule has 1 N–H and O–H groups in total. The number of rotatable bonds is 10. The molecule has 0 saturated carbocycles. The minimum Gasteiger partial charge on any atom is -0.490 e. The van der Waals surface area contributed by atoms with Crippen molar-refractivity contribution in [2.75, 3.05) is 6.61 Å². The van der Waals surface area contributed by atoms with E-state index in [1.165, 1.54) is 30.2 Å². The van der Waals surface area contributed by atoms with E-state index in [4.69, 9.17) is 21.1 Å². The third kappa shape index (κ3) is 6.93. The summed E-state index contributed by atoms with van der Waals surface area (Å²) in [5.74, 6) is 1.06. The van der Waals surface area contributed by atoms with Gasteiger partial charge < -0.3 is 14.8 Å². The number of ether oxygens (including phenoxy) is 2. The highest BCUT2D eigenvalue weighted by atomic mass is 35.5. The summed E-state index contributed by atoms with van der Waals surface area (Å²) >= 11 is 7.57. The molecule has 0 spiro atoms. The van der Waals surface area contributed by atoms with Gasteiger partial charge in [-0.15, -0.1) is 0 Å². The summed E-state index contributed by atoms with van der Waals surface area (Å²) in [5, 5.41) is 4.08. The number of carbonyl (C=O) groups excluding carboxylic acids is 1. The minimum atomic E-state index is -0.171. The Bertz CT molecular complexity index is 1270. The molecule has 0 unspecified atom stereocenters. The molecule has 5 nitrogen and oxygen atoms in total. The van der Waals surface area contributed by atoms with Crippen LogP contribution in [0, 0.1) is 0 Å². The number of aryl methyl sites for hydroxylation is 1. The average Bonchev–Trinajstić information content (AvgIpc) is 3.22. The van der Waals surface area contributed by atoms with Crippen LogP contribution in [0.3, 0.4) is 0 Å². The number of halogens is 1. The second-order valence-corrected chi connectivity index (χ2v) is 9.71. The molecule has 3 aromatic rings. The number of unbranched alkanes of at least 4 members (excludes halogenated alkanes) is 1. The van der Waals surface area contributed by atoms with Gasteiger partial charge in [-0.25, -0.2) is 4.99 Å². The van der Waals surface area contributed by atoms with E-state index in [1.54, 1.807) is 0 Å². The van der Waals surface area contributed by atoms with Gasteiger partial charge in [0.05, 0.1) is 17.2 Å². The summed E-state index contributed by atoms with van der Waals surface area (Å²) in [5.41, 5.74) is 3.85. The van der Waals surface area contributed by atoms with Crippen LogP contribution in [0.1, 0.15) is 43.4 Å². The molecular weight excluding hydrogens is 492 g/mol. The second-order valence-electron chi connectivity index (χ2n) is 8.27. The van der Waals surface area contributed by atoms with Crippen LogP contribution in [0.25, 0.3) is 6.08 Å². The molecule has 186 valence electrons. The van der Waals surface area contributed by atoms with E-state index in [1.807, 2.05) is 67.6 Å². The fourth-order valence-corrected chi connectivity index (χ4v) is 4.67. The number of hydrogen-bond donors (Lipinski definition) is 1. The van der Waals surface area contributed by atoms with Gasteiger partial charge in [-0.1, -0.05) is 61.3 Å². The molecular formula is C29H29ClN2O3S. The summed E-state index contributed by atoms with van der Waals surface area (Å²) < 4.78 is 11.8. The molecule has 3 aromatic carbocycles. The quantitative estimate of drug-likeness (QED) is 0.280. The summed E-state index contributed by atoms with van der Waals surface area (Å²) in [6, 6.07) is 21.4. The second kappa shape index (κ2) is 12.7. The summed E-state index contributed by atoms with van der Waals surface area (Å²) in [6.07, 6.45) is 5.25. The van der Waals surface area contributed by atoms with Gasteiger partial charge >= 0.3 is 0 Å². The Morgan fingerprint density at radius 1 is 1.00 bits per heavy atom. The highest BCUT2D eigenvalue weighted by Crippen LogP contribution is 2.33. The molecule has 0 bridgehead atoms. The molecule has 1 amide bonds. The summed E-state index contributed by atoms with van der Waals surface area (Å²) in [4.78, 5) is 17.7. The van der Waals surface area contributed by atoms with Crippen molar-refractivity contribution in [1.82, 2.24) is 5.32 Å². The fraction of sp³-hybridized carbons (Fsp3) is 0.241. The van der Waals surface area contributed by atoms with Crippen molar-refractivity contribution in [2.45, 2.75) is 39.7 Å². The van der Waals surface area contributed by atoms with Gasteiger partial charge in [0.1, 0.15) is 6.61 Å². The normalized spacial score (nSPS) is 15.4. The van der Waals surface area contributed by atoms with Crippen molar-refractivity contribution >= 4 is 46.2 Å². The number of carbonyl (C=O) groups is 1. The zero-order chi connectivity index (χ0) is 25.3. The number of nitrogens with zero attached hydrogens (tertiary/aromatic N) is 1. The van der Waals surface area contributed by atoms with Gasteiger partial charge in [0.25, 0.3) is 5.91 Å². The van der Waals surface area contributed by atoms with E-state index in [2.05, 4.69) is 29.4 Å². The lowest BCUT2D eigenvalue weighted by Gasteiger charge is -2.13. The molecule has 36 heavy (non-hydrogen) atoms. The molecule has 1 aliphatic heterocycles. The molecule has 7 heteroatoms. The predicted molar refractivity (Wildman–Crippen MR) is 149 cm³/mol. The van der Waals surface area contributed by atoms with E-state index in [-0.39, 0.29) is 5.91 Å². The molecule has 1 heterocycles. The lowest BCUT2D eigenvalue weighted by Crippen LogP contribution is -2.19. The van der Waals surface area contributed by atoms with Crippen LogP contribution in [0.15, 0.2) is 76.6 Å². The summed E-state index contributed by atoms with van der Waals surface area (Å²) in [6.45, 7) is 4.93. The Morgan fingerprint density at radius 3 is 2.56 bits per heavy atom. The molecule has 1 saturated heterocycles.